The molecular weight excluding hydrogens is 418 g/mol. The maximum Gasteiger partial charge on any atom is 0.313 e. The van der Waals surface area contributed by atoms with E-state index in [2.05, 4.69) is 39.4 Å². The lowest BCUT2D eigenvalue weighted by atomic mass is 9.80. The van der Waals surface area contributed by atoms with Gasteiger partial charge in [0, 0.05) is 24.2 Å². The van der Waals surface area contributed by atoms with E-state index in [-0.39, 0.29) is 23.8 Å². The van der Waals surface area contributed by atoms with Crippen molar-refractivity contribution in [1.82, 2.24) is 14.9 Å². The van der Waals surface area contributed by atoms with Crippen LogP contribution < -0.4 is 11.1 Å². The molecule has 1 fully saturated rings. The van der Waals surface area contributed by atoms with Crippen molar-refractivity contribution in [1.29, 1.82) is 0 Å². The number of carbonyl (C=O) groups is 1. The van der Waals surface area contributed by atoms with Gasteiger partial charge in [-0.25, -0.2) is 4.98 Å². The van der Waals surface area contributed by atoms with Crippen molar-refractivity contribution in [2.45, 2.75) is 51.6 Å². The number of aromatic nitrogens is 2. The summed E-state index contributed by atoms with van der Waals surface area (Å²) in [6.45, 7) is 6.23. The highest BCUT2D eigenvalue weighted by Crippen LogP contribution is 2.34. The second-order valence-corrected chi connectivity index (χ2v) is 9.00. The molecule has 0 aliphatic carbocycles. The number of aliphatic hydroxyl groups excluding tert-OH is 1. The summed E-state index contributed by atoms with van der Waals surface area (Å²) in [6, 6.07) is 8.19. The molecule has 3 rings (SSSR count). The summed E-state index contributed by atoms with van der Waals surface area (Å²) in [5.41, 5.74) is 9.69. The van der Waals surface area contributed by atoms with Crippen molar-refractivity contribution in [3.05, 3.63) is 46.6 Å². The molecule has 0 spiro atoms. The van der Waals surface area contributed by atoms with Crippen molar-refractivity contribution in [2.75, 3.05) is 44.8 Å². The molecule has 1 aromatic heterocycles. The molecule has 8 heteroatoms. The third-order valence-electron chi connectivity index (χ3n) is 6.62. The van der Waals surface area contributed by atoms with E-state index < -0.39 is 6.10 Å². The normalized spacial score (nSPS) is 16.9. The van der Waals surface area contributed by atoms with Crippen LogP contribution in [0.4, 0.5) is 11.8 Å². The Balaban J connectivity index is 1.80. The van der Waals surface area contributed by atoms with Gasteiger partial charge in [0.15, 0.2) is 0 Å². The van der Waals surface area contributed by atoms with Gasteiger partial charge in [-0.15, -0.1) is 0 Å². The van der Waals surface area contributed by atoms with Crippen LogP contribution in [-0.2, 0) is 16.0 Å². The standard InChI is InChI=1S/C25H37N5O3/c1-5-20(31)15-27-23-21(16(2)28-25(26)29-23)14-17-6-8-18(9-7-17)22(24(32)33-4)19-10-12-30(3)13-11-19/h6-9,19-20,22,31H,5,10-15H2,1-4H3,(H3,26,27,28,29)/t20-,22?/m0/s1. The summed E-state index contributed by atoms with van der Waals surface area (Å²) in [5, 5.41) is 13.1. The predicted molar refractivity (Wildman–Crippen MR) is 130 cm³/mol. The van der Waals surface area contributed by atoms with Crippen molar-refractivity contribution >= 4 is 17.7 Å². The molecule has 33 heavy (non-hydrogen) atoms. The number of benzene rings is 1. The van der Waals surface area contributed by atoms with Gasteiger partial charge in [-0.2, -0.15) is 4.98 Å². The van der Waals surface area contributed by atoms with Crippen LogP contribution in [0.5, 0.6) is 0 Å². The van der Waals surface area contributed by atoms with Crippen molar-refractivity contribution in [2.24, 2.45) is 5.92 Å². The van der Waals surface area contributed by atoms with Gasteiger partial charge in [-0.3, -0.25) is 4.79 Å². The number of piperidine rings is 1. The van der Waals surface area contributed by atoms with Crippen molar-refractivity contribution in [3.8, 4) is 0 Å². The van der Waals surface area contributed by atoms with Crippen LogP contribution in [0.15, 0.2) is 24.3 Å². The number of anilines is 2. The van der Waals surface area contributed by atoms with Crippen LogP contribution in [0.2, 0.25) is 0 Å². The summed E-state index contributed by atoms with van der Waals surface area (Å²) >= 11 is 0. The van der Waals surface area contributed by atoms with Crippen molar-refractivity contribution < 1.29 is 14.6 Å². The quantitative estimate of drug-likeness (QED) is 0.495. The first-order chi connectivity index (χ1) is 15.8. The number of methoxy groups -OCH3 is 1. The molecule has 0 bridgehead atoms. The third-order valence-corrected chi connectivity index (χ3v) is 6.62. The fourth-order valence-electron chi connectivity index (χ4n) is 4.47. The molecule has 1 unspecified atom stereocenters. The van der Waals surface area contributed by atoms with Gasteiger partial charge in [0.1, 0.15) is 5.82 Å². The Hall–Kier alpha value is -2.71. The number of nitrogen functional groups attached to an aromatic ring is 1. The first-order valence-electron chi connectivity index (χ1n) is 11.7. The average molecular weight is 456 g/mol. The minimum Gasteiger partial charge on any atom is -0.469 e. The van der Waals surface area contributed by atoms with E-state index in [9.17, 15) is 9.90 Å². The van der Waals surface area contributed by atoms with Crippen LogP contribution >= 0.6 is 0 Å². The first-order valence-corrected chi connectivity index (χ1v) is 11.7. The minimum absolute atomic E-state index is 0.166. The van der Waals surface area contributed by atoms with Crippen LogP contribution in [0.3, 0.4) is 0 Å². The lowest BCUT2D eigenvalue weighted by Crippen LogP contribution is -2.35. The predicted octanol–water partition coefficient (Wildman–Crippen LogP) is 2.74. The van der Waals surface area contributed by atoms with E-state index in [4.69, 9.17) is 10.5 Å². The molecule has 1 aromatic carbocycles. The Kier molecular flexibility index (Phi) is 8.63. The monoisotopic (exact) mass is 455 g/mol. The van der Waals surface area contributed by atoms with Gasteiger partial charge in [0.25, 0.3) is 0 Å². The third kappa shape index (κ3) is 6.42. The summed E-state index contributed by atoms with van der Waals surface area (Å²) in [4.78, 5) is 23.6. The molecule has 1 aliphatic heterocycles. The number of aliphatic hydroxyl groups is 1. The van der Waals surface area contributed by atoms with E-state index in [1.54, 1.807) is 0 Å². The highest BCUT2D eigenvalue weighted by molar-refractivity contribution is 5.78. The number of likely N-dealkylation sites (tertiary alicyclic amines) is 1. The zero-order valence-electron chi connectivity index (χ0n) is 20.2. The van der Waals surface area contributed by atoms with Gasteiger partial charge in [-0.05, 0) is 63.4 Å². The fourth-order valence-corrected chi connectivity index (χ4v) is 4.47. The Morgan fingerprint density at radius 2 is 1.94 bits per heavy atom. The SMILES string of the molecule is CC[C@H](O)CNc1nc(N)nc(C)c1Cc1ccc(C(C(=O)OC)C2CCN(C)CC2)cc1. The minimum atomic E-state index is -0.455. The number of aryl methyl sites for hydroxylation is 1. The van der Waals surface area contributed by atoms with E-state index in [0.717, 1.165) is 48.3 Å². The van der Waals surface area contributed by atoms with Crippen LogP contribution in [-0.4, -0.2) is 65.8 Å². The van der Waals surface area contributed by atoms with Gasteiger partial charge in [0.05, 0.1) is 19.1 Å². The van der Waals surface area contributed by atoms with Gasteiger partial charge in [-0.1, -0.05) is 31.2 Å². The number of nitrogens with zero attached hydrogens (tertiary/aromatic N) is 3. The molecule has 0 saturated carbocycles. The largest absolute Gasteiger partial charge is 0.469 e. The number of carbonyl (C=O) groups excluding carboxylic acids is 1. The summed E-state index contributed by atoms with van der Waals surface area (Å²) in [7, 11) is 3.58. The van der Waals surface area contributed by atoms with Gasteiger partial charge < -0.3 is 25.8 Å². The maximum absolute atomic E-state index is 12.6. The van der Waals surface area contributed by atoms with Crippen molar-refractivity contribution in [3.63, 3.8) is 0 Å². The molecule has 1 aliphatic rings. The number of hydrogen-bond acceptors (Lipinski definition) is 8. The smallest absolute Gasteiger partial charge is 0.313 e. The fraction of sp³-hybridized carbons (Fsp3) is 0.560. The lowest BCUT2D eigenvalue weighted by molar-refractivity contribution is -0.144. The molecule has 4 N–H and O–H groups in total. The molecule has 2 heterocycles. The maximum atomic E-state index is 12.6. The average Bonchev–Trinajstić information content (AvgIpc) is 2.81. The van der Waals surface area contributed by atoms with E-state index in [1.807, 2.05) is 26.0 Å². The zero-order chi connectivity index (χ0) is 24.0. The number of esters is 1. The Labute approximate surface area is 196 Å². The number of hydrogen-bond donors (Lipinski definition) is 3. The van der Waals surface area contributed by atoms with Crippen LogP contribution in [0.25, 0.3) is 0 Å². The molecule has 8 nitrogen and oxygen atoms in total. The molecule has 2 atom stereocenters. The molecule has 0 amide bonds. The topological polar surface area (TPSA) is 114 Å². The molecule has 180 valence electrons. The second-order valence-electron chi connectivity index (χ2n) is 9.00. The van der Waals surface area contributed by atoms with Crippen LogP contribution in [0.1, 0.15) is 54.5 Å². The van der Waals surface area contributed by atoms with E-state index in [0.29, 0.717) is 25.2 Å². The summed E-state index contributed by atoms with van der Waals surface area (Å²) in [5.74, 6) is 0.732. The zero-order valence-corrected chi connectivity index (χ0v) is 20.2. The highest BCUT2D eigenvalue weighted by Gasteiger charge is 2.32. The second kappa shape index (κ2) is 11.4. The van der Waals surface area contributed by atoms with E-state index in [1.165, 1.54) is 7.11 Å². The lowest BCUT2D eigenvalue weighted by Gasteiger charge is -2.33. The van der Waals surface area contributed by atoms with E-state index >= 15 is 0 Å². The van der Waals surface area contributed by atoms with Gasteiger partial charge in [0.2, 0.25) is 5.95 Å². The first kappa shape index (κ1) is 24.9. The number of nitrogens with two attached hydrogens (primary N) is 1. The molecule has 0 radical (unpaired) electrons. The summed E-state index contributed by atoms with van der Waals surface area (Å²) < 4.78 is 5.16. The highest BCUT2D eigenvalue weighted by atomic mass is 16.5. The number of rotatable bonds is 9. The number of nitrogens with one attached hydrogen (secondary N) is 1. The summed E-state index contributed by atoms with van der Waals surface area (Å²) in [6.07, 6.45) is 2.79. The molecule has 2 aromatic rings. The molecular formula is C25H37N5O3. The number of ether oxygens (including phenoxy) is 1. The van der Waals surface area contributed by atoms with Crippen LogP contribution in [0, 0.1) is 12.8 Å². The Morgan fingerprint density at radius 3 is 2.55 bits per heavy atom. The Morgan fingerprint density at radius 1 is 1.27 bits per heavy atom. The molecule has 1 saturated heterocycles. The Bertz CT molecular complexity index is 926. The van der Waals surface area contributed by atoms with Gasteiger partial charge >= 0.3 is 5.97 Å².